The van der Waals surface area contributed by atoms with E-state index in [2.05, 4.69) is 5.32 Å². The number of carbonyl (C=O) groups is 2. The van der Waals surface area contributed by atoms with Crippen LogP contribution in [0.4, 0.5) is 11.4 Å². The zero-order valence-electron chi connectivity index (χ0n) is 18.0. The molecule has 0 saturated carbocycles. The van der Waals surface area contributed by atoms with Gasteiger partial charge in [0.25, 0.3) is 10.0 Å². The Morgan fingerprint density at radius 2 is 1.84 bits per heavy atom. The Labute approximate surface area is 196 Å². The van der Waals surface area contributed by atoms with Gasteiger partial charge in [-0.15, -0.1) is 23.1 Å². The van der Waals surface area contributed by atoms with E-state index in [4.69, 9.17) is 0 Å². The van der Waals surface area contributed by atoms with Crippen LogP contribution in [0.5, 0.6) is 0 Å². The molecule has 1 aromatic carbocycles. The predicted octanol–water partition coefficient (Wildman–Crippen LogP) is 2.35. The molecule has 2 aliphatic rings. The number of sulfonamides is 1. The van der Waals surface area contributed by atoms with Crippen molar-refractivity contribution in [2.75, 3.05) is 49.3 Å². The molecule has 32 heavy (non-hydrogen) atoms. The largest absolute Gasteiger partial charge is 0.378 e. The zero-order chi connectivity index (χ0) is 22.9. The summed E-state index contributed by atoms with van der Waals surface area (Å²) < 4.78 is 28.3. The summed E-state index contributed by atoms with van der Waals surface area (Å²) in [5, 5.41) is 2.85. The molecule has 0 atom stereocenters. The van der Waals surface area contributed by atoms with Gasteiger partial charge in [-0.05, 0) is 36.6 Å². The van der Waals surface area contributed by atoms with Crippen LogP contribution in [-0.2, 0) is 26.2 Å². The molecule has 4 rings (SSSR count). The lowest BCUT2D eigenvalue weighted by Gasteiger charge is -2.25. The van der Waals surface area contributed by atoms with E-state index < -0.39 is 10.0 Å². The van der Waals surface area contributed by atoms with Crippen LogP contribution >= 0.6 is 23.1 Å². The average Bonchev–Trinajstić information content (AvgIpc) is 3.45. The maximum absolute atomic E-state index is 12.9. The van der Waals surface area contributed by atoms with Gasteiger partial charge in [0.15, 0.2) is 0 Å². The third-order valence-electron chi connectivity index (χ3n) is 5.48. The van der Waals surface area contributed by atoms with Crippen molar-refractivity contribution < 1.29 is 18.0 Å². The van der Waals surface area contributed by atoms with Gasteiger partial charge in [0.1, 0.15) is 10.8 Å². The quantitative estimate of drug-likeness (QED) is 0.636. The van der Waals surface area contributed by atoms with Crippen LogP contribution < -0.4 is 15.1 Å². The summed E-state index contributed by atoms with van der Waals surface area (Å²) in [6.07, 6.45) is 1.73. The Morgan fingerprint density at radius 1 is 1.16 bits per heavy atom. The molecule has 2 amide bonds. The van der Waals surface area contributed by atoms with Crippen molar-refractivity contribution in [3.8, 4) is 0 Å². The van der Waals surface area contributed by atoms with Crippen molar-refractivity contribution in [2.24, 2.45) is 0 Å². The lowest BCUT2D eigenvalue weighted by atomic mass is 10.2. The molecule has 2 aromatic rings. The Kier molecular flexibility index (Phi) is 6.80. The monoisotopic (exact) mass is 494 g/mol. The summed E-state index contributed by atoms with van der Waals surface area (Å²) in [6.45, 7) is 1.27. The number of hydrogen-bond acceptors (Lipinski definition) is 7. The Hall–Kier alpha value is -2.08. The van der Waals surface area contributed by atoms with Crippen LogP contribution in [0.2, 0.25) is 0 Å². The molecule has 0 spiro atoms. The molecule has 1 fully saturated rings. The molecule has 8 nitrogen and oxygen atoms in total. The van der Waals surface area contributed by atoms with Gasteiger partial charge in [-0.2, -0.15) is 4.31 Å². The molecule has 11 heteroatoms. The normalized spacial score (nSPS) is 16.8. The number of carbonyl (C=O) groups excluding carboxylic acids is 2. The fraction of sp³-hybridized carbons (Fsp3) is 0.429. The first-order chi connectivity index (χ1) is 15.3. The average molecular weight is 495 g/mol. The van der Waals surface area contributed by atoms with Gasteiger partial charge >= 0.3 is 0 Å². The lowest BCUT2D eigenvalue weighted by Crippen LogP contribution is -2.42. The predicted molar refractivity (Wildman–Crippen MR) is 128 cm³/mol. The molecule has 0 unspecified atom stereocenters. The number of anilines is 2. The van der Waals surface area contributed by atoms with Crippen molar-refractivity contribution in [2.45, 2.75) is 27.8 Å². The van der Waals surface area contributed by atoms with E-state index >= 15 is 0 Å². The minimum absolute atomic E-state index is 0.137. The second-order valence-corrected chi connectivity index (χ2v) is 12.4. The minimum atomic E-state index is -3.56. The third-order valence-corrected chi connectivity index (χ3v) is 10.2. The first kappa shape index (κ1) is 23.1. The van der Waals surface area contributed by atoms with Crippen LogP contribution in [0.25, 0.3) is 0 Å². The summed E-state index contributed by atoms with van der Waals surface area (Å²) in [4.78, 5) is 28.5. The van der Waals surface area contributed by atoms with Gasteiger partial charge in [-0.1, -0.05) is 12.1 Å². The summed E-state index contributed by atoms with van der Waals surface area (Å²) in [5.41, 5.74) is 2.54. The number of hydrogen-bond donors (Lipinski definition) is 1. The second kappa shape index (κ2) is 9.42. The van der Waals surface area contributed by atoms with E-state index in [1.54, 1.807) is 6.07 Å². The van der Waals surface area contributed by atoms with Gasteiger partial charge in [-0.3, -0.25) is 9.59 Å². The standard InChI is InChI=1S/C21H26N4O4S3/c1-23(2)16-7-5-15(6-8-16)12-22-18(26)13-25-17-11-20(31-21(17)30-14-19(25)27)32(28,29)24-9-3-4-10-24/h5-8,11H,3-4,9-10,12-14H2,1-2H3,(H,22,26). The van der Waals surface area contributed by atoms with Crippen molar-refractivity contribution in [1.82, 2.24) is 9.62 Å². The van der Waals surface area contributed by atoms with Crippen molar-refractivity contribution in [3.05, 3.63) is 35.9 Å². The number of thiophene rings is 1. The fourth-order valence-electron chi connectivity index (χ4n) is 3.64. The van der Waals surface area contributed by atoms with Crippen LogP contribution in [0, 0.1) is 0 Å². The van der Waals surface area contributed by atoms with Crippen LogP contribution in [-0.4, -0.2) is 64.0 Å². The van der Waals surface area contributed by atoms with Crippen LogP contribution in [0.1, 0.15) is 18.4 Å². The van der Waals surface area contributed by atoms with E-state index in [-0.39, 0.29) is 28.3 Å². The zero-order valence-corrected chi connectivity index (χ0v) is 20.5. The minimum Gasteiger partial charge on any atom is -0.378 e. The van der Waals surface area contributed by atoms with Crippen LogP contribution in [0.3, 0.4) is 0 Å². The number of nitrogens with zero attached hydrogens (tertiary/aromatic N) is 3. The Morgan fingerprint density at radius 3 is 2.50 bits per heavy atom. The summed E-state index contributed by atoms with van der Waals surface area (Å²) in [6, 6.07) is 9.40. The highest BCUT2D eigenvalue weighted by molar-refractivity contribution is 8.02. The van der Waals surface area contributed by atoms with Crippen LogP contribution in [0.15, 0.2) is 38.8 Å². The number of amides is 2. The molecular formula is C21H26N4O4S3. The van der Waals surface area contributed by atoms with Gasteiger partial charge in [0, 0.05) is 39.4 Å². The number of benzene rings is 1. The highest BCUT2D eigenvalue weighted by atomic mass is 32.3. The van der Waals surface area contributed by atoms with E-state index in [0.29, 0.717) is 25.3 Å². The van der Waals surface area contributed by atoms with Gasteiger partial charge in [0.2, 0.25) is 11.8 Å². The maximum atomic E-state index is 12.9. The Balaban J connectivity index is 1.44. The second-order valence-electron chi connectivity index (χ2n) is 7.96. The van der Waals surface area contributed by atoms with Gasteiger partial charge < -0.3 is 15.1 Å². The smallest absolute Gasteiger partial charge is 0.252 e. The molecule has 0 bridgehead atoms. The molecule has 1 N–H and O–H groups in total. The fourth-order valence-corrected chi connectivity index (χ4v) is 8.08. The Bertz CT molecular complexity index is 1110. The molecule has 0 radical (unpaired) electrons. The van der Waals surface area contributed by atoms with Gasteiger partial charge in [-0.25, -0.2) is 8.42 Å². The molecule has 1 saturated heterocycles. The molecule has 1 aromatic heterocycles. The van der Waals surface area contributed by atoms with E-state index in [1.807, 2.05) is 43.3 Å². The molecular weight excluding hydrogens is 468 g/mol. The highest BCUT2D eigenvalue weighted by Crippen LogP contribution is 2.44. The molecule has 172 valence electrons. The van der Waals surface area contributed by atoms with Gasteiger partial charge in [0.05, 0.1) is 15.6 Å². The topological polar surface area (TPSA) is 90.0 Å². The summed E-state index contributed by atoms with van der Waals surface area (Å²) >= 11 is 2.51. The molecule has 2 aliphatic heterocycles. The van der Waals surface area contributed by atoms with E-state index in [1.165, 1.54) is 32.3 Å². The number of thioether (sulfide) groups is 1. The number of fused-ring (bicyclic) bond motifs is 1. The first-order valence-electron chi connectivity index (χ1n) is 10.4. The number of rotatable bonds is 7. The van der Waals surface area contributed by atoms with E-state index in [9.17, 15) is 18.0 Å². The SMILES string of the molecule is CN(C)c1ccc(CNC(=O)CN2C(=O)CSc3sc(S(=O)(=O)N4CCCC4)cc32)cc1. The van der Waals surface area contributed by atoms with Crippen molar-refractivity contribution in [1.29, 1.82) is 0 Å². The summed E-state index contributed by atoms with van der Waals surface area (Å²) in [7, 11) is 0.365. The third kappa shape index (κ3) is 4.80. The lowest BCUT2D eigenvalue weighted by molar-refractivity contribution is -0.123. The van der Waals surface area contributed by atoms with E-state index in [0.717, 1.165) is 28.3 Å². The number of nitrogens with one attached hydrogen (secondary N) is 1. The van der Waals surface area contributed by atoms with Crippen molar-refractivity contribution >= 4 is 56.3 Å². The summed E-state index contributed by atoms with van der Waals surface area (Å²) in [5.74, 6) is -0.297. The first-order valence-corrected chi connectivity index (χ1v) is 13.6. The maximum Gasteiger partial charge on any atom is 0.252 e. The molecule has 3 heterocycles. The van der Waals surface area contributed by atoms with Crippen molar-refractivity contribution in [3.63, 3.8) is 0 Å². The molecule has 0 aliphatic carbocycles. The highest BCUT2D eigenvalue weighted by Gasteiger charge is 2.34.